The maximum atomic E-state index is 12.0. The van der Waals surface area contributed by atoms with Crippen LogP contribution < -0.4 is 10.1 Å². The Hall–Kier alpha value is -2.82. The summed E-state index contributed by atoms with van der Waals surface area (Å²) in [5, 5.41) is 10.7. The molecule has 0 saturated carbocycles. The van der Waals surface area contributed by atoms with Crippen molar-refractivity contribution in [3.05, 3.63) is 54.2 Å². The maximum Gasteiger partial charge on any atom is 0.227 e. The molecule has 2 N–H and O–H groups in total. The van der Waals surface area contributed by atoms with Gasteiger partial charge in [0.1, 0.15) is 5.75 Å². The number of anilines is 1. The highest BCUT2D eigenvalue weighted by molar-refractivity contribution is 5.93. The number of benzene rings is 2. The molecule has 0 unspecified atom stereocenters. The number of hydrogen-bond acceptors (Lipinski definition) is 3. The second kappa shape index (κ2) is 6.96. The molecule has 0 aliphatic rings. The Morgan fingerprint density at radius 1 is 1.22 bits per heavy atom. The third-order valence-electron chi connectivity index (χ3n) is 3.66. The molecule has 0 bridgehead atoms. The zero-order valence-electron chi connectivity index (χ0n) is 13.0. The molecular weight excluding hydrogens is 290 g/mol. The van der Waals surface area contributed by atoms with Crippen molar-refractivity contribution < 1.29 is 9.53 Å². The van der Waals surface area contributed by atoms with Crippen LogP contribution in [0.15, 0.2) is 48.7 Å². The van der Waals surface area contributed by atoms with Crippen molar-refractivity contribution >= 4 is 22.5 Å². The zero-order valence-corrected chi connectivity index (χ0v) is 13.0. The lowest BCUT2D eigenvalue weighted by atomic mass is 10.2. The van der Waals surface area contributed by atoms with Gasteiger partial charge in [-0.2, -0.15) is 5.10 Å². The van der Waals surface area contributed by atoms with Crippen LogP contribution >= 0.6 is 0 Å². The number of amides is 1. The molecule has 5 nitrogen and oxygen atoms in total. The van der Waals surface area contributed by atoms with E-state index in [-0.39, 0.29) is 5.91 Å². The number of nitrogens with zero attached hydrogens (tertiary/aromatic N) is 1. The van der Waals surface area contributed by atoms with Crippen LogP contribution in [0, 0.1) is 0 Å². The molecule has 1 amide bonds. The third-order valence-corrected chi connectivity index (χ3v) is 3.66. The minimum Gasteiger partial charge on any atom is -0.493 e. The Morgan fingerprint density at radius 3 is 2.83 bits per heavy atom. The number of nitrogens with one attached hydrogen (secondary N) is 2. The molecule has 0 aliphatic carbocycles. The number of fused-ring (bicyclic) bond motifs is 1. The van der Waals surface area contributed by atoms with Crippen LogP contribution in [0.25, 0.3) is 10.9 Å². The molecule has 1 heterocycles. The smallest absolute Gasteiger partial charge is 0.227 e. The number of rotatable bonds is 6. The minimum atomic E-state index is -0.0750. The van der Waals surface area contributed by atoms with Crippen molar-refractivity contribution in [2.75, 3.05) is 11.9 Å². The predicted molar refractivity (Wildman–Crippen MR) is 90.7 cm³/mol. The molecule has 23 heavy (non-hydrogen) atoms. The van der Waals surface area contributed by atoms with Crippen molar-refractivity contribution in [3.63, 3.8) is 0 Å². The number of aromatic amines is 1. The summed E-state index contributed by atoms with van der Waals surface area (Å²) in [7, 11) is 0. The van der Waals surface area contributed by atoms with E-state index in [0.29, 0.717) is 13.0 Å². The number of hydrogen-bond donors (Lipinski definition) is 2. The number of H-pyrrole nitrogens is 1. The van der Waals surface area contributed by atoms with E-state index in [1.165, 1.54) is 5.56 Å². The van der Waals surface area contributed by atoms with Crippen LogP contribution in [0.4, 0.5) is 5.69 Å². The summed E-state index contributed by atoms with van der Waals surface area (Å²) in [5.74, 6) is 0.711. The molecular formula is C18H19N3O2. The van der Waals surface area contributed by atoms with Crippen LogP contribution in [0.3, 0.4) is 0 Å². The minimum absolute atomic E-state index is 0.0750. The van der Waals surface area contributed by atoms with E-state index < -0.39 is 0 Å². The molecule has 0 aliphatic heterocycles. The van der Waals surface area contributed by atoms with Gasteiger partial charge in [0, 0.05) is 11.1 Å². The average molecular weight is 309 g/mol. The van der Waals surface area contributed by atoms with Gasteiger partial charge in [0.25, 0.3) is 0 Å². The van der Waals surface area contributed by atoms with Crippen molar-refractivity contribution in [1.82, 2.24) is 10.2 Å². The SMILES string of the molecule is CCc1ccc(OCCC(=O)Nc2ccc3cn[nH]c3c2)cc1. The molecule has 3 aromatic rings. The van der Waals surface area contributed by atoms with E-state index in [0.717, 1.165) is 28.8 Å². The topological polar surface area (TPSA) is 67.0 Å². The van der Waals surface area contributed by atoms with Crippen molar-refractivity contribution in [2.45, 2.75) is 19.8 Å². The highest BCUT2D eigenvalue weighted by atomic mass is 16.5. The normalized spacial score (nSPS) is 10.7. The largest absolute Gasteiger partial charge is 0.493 e. The van der Waals surface area contributed by atoms with E-state index in [1.54, 1.807) is 6.20 Å². The van der Waals surface area contributed by atoms with Crippen LogP contribution in [0.5, 0.6) is 5.75 Å². The predicted octanol–water partition coefficient (Wildman–Crippen LogP) is 3.53. The fourth-order valence-electron chi connectivity index (χ4n) is 2.32. The van der Waals surface area contributed by atoms with Gasteiger partial charge >= 0.3 is 0 Å². The Labute approximate surface area is 134 Å². The number of carbonyl (C=O) groups excluding carboxylic acids is 1. The van der Waals surface area contributed by atoms with Crippen molar-refractivity contribution in [3.8, 4) is 5.75 Å². The first kappa shape index (κ1) is 15.1. The fourth-order valence-corrected chi connectivity index (χ4v) is 2.32. The van der Waals surface area contributed by atoms with Gasteiger partial charge in [-0.05, 0) is 42.3 Å². The quantitative estimate of drug-likeness (QED) is 0.732. The van der Waals surface area contributed by atoms with Gasteiger partial charge in [-0.3, -0.25) is 9.89 Å². The van der Waals surface area contributed by atoms with Gasteiger partial charge in [0.2, 0.25) is 5.91 Å². The molecule has 0 fully saturated rings. The van der Waals surface area contributed by atoms with Gasteiger partial charge in [-0.25, -0.2) is 0 Å². The van der Waals surface area contributed by atoms with E-state index in [4.69, 9.17) is 4.74 Å². The van der Waals surface area contributed by atoms with E-state index >= 15 is 0 Å². The third kappa shape index (κ3) is 3.88. The van der Waals surface area contributed by atoms with Crippen LogP contribution in [-0.2, 0) is 11.2 Å². The van der Waals surface area contributed by atoms with E-state index in [1.807, 2.05) is 42.5 Å². The number of ether oxygens (including phenoxy) is 1. The van der Waals surface area contributed by atoms with Gasteiger partial charge in [0.15, 0.2) is 0 Å². The van der Waals surface area contributed by atoms with Crippen LogP contribution in [-0.4, -0.2) is 22.7 Å². The Kier molecular flexibility index (Phi) is 4.57. The van der Waals surface area contributed by atoms with E-state index in [9.17, 15) is 4.79 Å². The van der Waals surface area contributed by atoms with Crippen LogP contribution in [0.1, 0.15) is 18.9 Å². The highest BCUT2D eigenvalue weighted by Crippen LogP contribution is 2.17. The lowest BCUT2D eigenvalue weighted by Crippen LogP contribution is -2.15. The summed E-state index contributed by atoms with van der Waals surface area (Å²) in [6.07, 6.45) is 3.05. The second-order valence-electron chi connectivity index (χ2n) is 5.32. The molecule has 0 spiro atoms. The van der Waals surface area contributed by atoms with Gasteiger partial charge in [-0.15, -0.1) is 0 Å². The second-order valence-corrected chi connectivity index (χ2v) is 5.32. The summed E-state index contributed by atoms with van der Waals surface area (Å²) in [5.41, 5.74) is 2.92. The summed E-state index contributed by atoms with van der Waals surface area (Å²) >= 11 is 0. The van der Waals surface area contributed by atoms with Gasteiger partial charge in [0.05, 0.1) is 24.7 Å². The molecule has 3 rings (SSSR count). The Morgan fingerprint density at radius 2 is 2.04 bits per heavy atom. The van der Waals surface area contributed by atoms with E-state index in [2.05, 4.69) is 22.4 Å². The molecule has 0 radical (unpaired) electrons. The molecule has 0 saturated heterocycles. The fraction of sp³-hybridized carbons (Fsp3) is 0.222. The molecule has 2 aromatic carbocycles. The maximum absolute atomic E-state index is 12.0. The average Bonchev–Trinajstić information content (AvgIpc) is 3.03. The number of carbonyl (C=O) groups is 1. The highest BCUT2D eigenvalue weighted by Gasteiger charge is 2.05. The molecule has 1 aromatic heterocycles. The first-order valence-corrected chi connectivity index (χ1v) is 7.69. The zero-order chi connectivity index (χ0) is 16.1. The van der Waals surface area contributed by atoms with Gasteiger partial charge in [-0.1, -0.05) is 19.1 Å². The molecule has 0 atom stereocenters. The van der Waals surface area contributed by atoms with Crippen LogP contribution in [0.2, 0.25) is 0 Å². The monoisotopic (exact) mass is 309 g/mol. The lowest BCUT2D eigenvalue weighted by molar-refractivity contribution is -0.116. The first-order valence-electron chi connectivity index (χ1n) is 7.69. The number of aryl methyl sites for hydroxylation is 1. The van der Waals surface area contributed by atoms with Crippen molar-refractivity contribution in [2.24, 2.45) is 0 Å². The molecule has 118 valence electrons. The van der Waals surface area contributed by atoms with Gasteiger partial charge < -0.3 is 10.1 Å². The summed E-state index contributed by atoms with van der Waals surface area (Å²) < 4.78 is 5.59. The summed E-state index contributed by atoms with van der Waals surface area (Å²) in [6, 6.07) is 13.6. The Bertz CT molecular complexity index is 793. The molecule has 5 heteroatoms. The number of aromatic nitrogens is 2. The lowest BCUT2D eigenvalue weighted by Gasteiger charge is -2.08. The summed E-state index contributed by atoms with van der Waals surface area (Å²) in [6.45, 7) is 2.46. The van der Waals surface area contributed by atoms with Crippen molar-refractivity contribution in [1.29, 1.82) is 0 Å². The first-order chi connectivity index (χ1) is 11.2. The Balaban J connectivity index is 1.48. The summed E-state index contributed by atoms with van der Waals surface area (Å²) in [4.78, 5) is 12.0. The standard InChI is InChI=1S/C18H19N3O2/c1-2-13-3-7-16(8-4-13)23-10-9-18(22)20-15-6-5-14-12-19-21-17(14)11-15/h3-8,11-12H,2,9-10H2,1H3,(H,19,21)(H,20,22).